The summed E-state index contributed by atoms with van der Waals surface area (Å²) in [6.07, 6.45) is 3.80. The van der Waals surface area contributed by atoms with E-state index in [9.17, 15) is 9.90 Å². The maximum absolute atomic E-state index is 12.2. The molecule has 1 aromatic carbocycles. The van der Waals surface area contributed by atoms with Crippen LogP contribution >= 0.6 is 0 Å². The summed E-state index contributed by atoms with van der Waals surface area (Å²) < 4.78 is 11.1. The Hall–Kier alpha value is -1.63. The molecule has 0 aliphatic carbocycles. The zero-order chi connectivity index (χ0) is 18.4. The van der Waals surface area contributed by atoms with Crippen LogP contribution in [0.1, 0.15) is 31.2 Å². The van der Waals surface area contributed by atoms with Crippen LogP contribution in [0.4, 0.5) is 0 Å². The minimum absolute atomic E-state index is 0.0552. The number of aliphatic hydroxyl groups is 1. The van der Waals surface area contributed by atoms with Gasteiger partial charge in [0.05, 0.1) is 25.4 Å². The molecule has 1 amide bonds. The number of carbonyl (C=O) groups is 1. The topological polar surface area (TPSA) is 71.0 Å². The van der Waals surface area contributed by atoms with E-state index < -0.39 is 0 Å². The summed E-state index contributed by atoms with van der Waals surface area (Å²) >= 11 is 0. The quantitative estimate of drug-likeness (QED) is 0.800. The van der Waals surface area contributed by atoms with Crippen molar-refractivity contribution >= 4 is 5.91 Å². The van der Waals surface area contributed by atoms with Gasteiger partial charge in [-0.05, 0) is 49.8 Å². The van der Waals surface area contributed by atoms with Gasteiger partial charge in [0.25, 0.3) is 0 Å². The van der Waals surface area contributed by atoms with Crippen LogP contribution in [0.2, 0.25) is 0 Å². The van der Waals surface area contributed by atoms with E-state index >= 15 is 0 Å². The summed E-state index contributed by atoms with van der Waals surface area (Å²) in [6.45, 7) is 3.37. The molecule has 2 fully saturated rings. The summed E-state index contributed by atoms with van der Waals surface area (Å²) in [5, 5.41) is 13.3. The summed E-state index contributed by atoms with van der Waals surface area (Å²) in [7, 11) is 1.65. The lowest BCUT2D eigenvalue weighted by Crippen LogP contribution is -2.56. The van der Waals surface area contributed by atoms with Crippen molar-refractivity contribution in [3.8, 4) is 5.75 Å². The molecular formula is C20H30N2O4. The van der Waals surface area contributed by atoms with Crippen molar-refractivity contribution in [3.05, 3.63) is 29.8 Å². The minimum Gasteiger partial charge on any atom is -0.497 e. The van der Waals surface area contributed by atoms with Gasteiger partial charge in [0.2, 0.25) is 5.91 Å². The van der Waals surface area contributed by atoms with Crippen LogP contribution in [0.25, 0.3) is 0 Å². The van der Waals surface area contributed by atoms with E-state index in [1.807, 2.05) is 24.3 Å². The Morgan fingerprint density at radius 2 is 2.08 bits per heavy atom. The number of likely N-dealkylation sites (tertiary alicyclic amines) is 1. The zero-order valence-corrected chi connectivity index (χ0v) is 15.6. The molecule has 1 unspecified atom stereocenters. The van der Waals surface area contributed by atoms with Crippen molar-refractivity contribution in [3.63, 3.8) is 0 Å². The van der Waals surface area contributed by atoms with Crippen molar-refractivity contribution in [1.82, 2.24) is 10.2 Å². The highest BCUT2D eigenvalue weighted by Crippen LogP contribution is 2.35. The molecule has 1 spiro atoms. The number of nitrogens with zero attached hydrogens (tertiary/aromatic N) is 1. The first-order chi connectivity index (χ1) is 12.6. The highest BCUT2D eigenvalue weighted by molar-refractivity contribution is 5.78. The normalized spacial score (nSPS) is 22.9. The number of methoxy groups -OCH3 is 1. The van der Waals surface area contributed by atoms with E-state index in [1.165, 1.54) is 5.56 Å². The molecule has 26 heavy (non-hydrogen) atoms. The second-order valence-corrected chi connectivity index (χ2v) is 7.30. The molecule has 6 nitrogen and oxygen atoms in total. The predicted molar refractivity (Wildman–Crippen MR) is 99.3 cm³/mol. The van der Waals surface area contributed by atoms with Crippen molar-refractivity contribution in [2.45, 2.75) is 43.8 Å². The highest BCUT2D eigenvalue weighted by Gasteiger charge is 2.43. The number of piperidine rings is 1. The van der Waals surface area contributed by atoms with Crippen LogP contribution in [-0.2, 0) is 16.0 Å². The van der Waals surface area contributed by atoms with Gasteiger partial charge in [-0.15, -0.1) is 0 Å². The number of rotatable bonds is 6. The van der Waals surface area contributed by atoms with Crippen molar-refractivity contribution < 1.29 is 19.4 Å². The number of carbonyl (C=O) groups excluding carboxylic acids is 1. The SMILES string of the molecule is COc1ccc(CCNC(=O)CN2CCC3(CC2)OCCCC3O)cc1. The van der Waals surface area contributed by atoms with Gasteiger partial charge in [-0.25, -0.2) is 0 Å². The Kier molecular flexibility index (Phi) is 6.51. The molecule has 0 radical (unpaired) electrons. The predicted octanol–water partition coefficient (Wildman–Crippen LogP) is 1.36. The number of ether oxygens (including phenoxy) is 2. The second kappa shape index (κ2) is 8.84. The lowest BCUT2D eigenvalue weighted by atomic mass is 9.82. The summed E-state index contributed by atoms with van der Waals surface area (Å²) in [4.78, 5) is 14.3. The average molecular weight is 362 g/mol. The largest absolute Gasteiger partial charge is 0.497 e. The van der Waals surface area contributed by atoms with Gasteiger partial charge in [0.15, 0.2) is 0 Å². The Bertz CT molecular complexity index is 582. The Balaban J connectivity index is 1.36. The fourth-order valence-electron chi connectivity index (χ4n) is 3.88. The van der Waals surface area contributed by atoms with E-state index in [-0.39, 0.29) is 17.6 Å². The monoisotopic (exact) mass is 362 g/mol. The molecule has 2 saturated heterocycles. The first kappa shape index (κ1) is 19.1. The number of benzene rings is 1. The lowest BCUT2D eigenvalue weighted by molar-refractivity contribution is -0.177. The second-order valence-electron chi connectivity index (χ2n) is 7.30. The molecule has 0 saturated carbocycles. The number of amides is 1. The smallest absolute Gasteiger partial charge is 0.234 e. The van der Waals surface area contributed by atoms with Crippen molar-refractivity contribution in [2.24, 2.45) is 0 Å². The molecule has 6 heteroatoms. The van der Waals surface area contributed by atoms with E-state index in [0.717, 1.165) is 57.6 Å². The number of hydrogen-bond acceptors (Lipinski definition) is 5. The molecular weight excluding hydrogens is 332 g/mol. The van der Waals surface area contributed by atoms with Crippen LogP contribution in [0, 0.1) is 0 Å². The molecule has 2 aliphatic heterocycles. The van der Waals surface area contributed by atoms with Gasteiger partial charge >= 0.3 is 0 Å². The van der Waals surface area contributed by atoms with Crippen LogP contribution in [0.3, 0.4) is 0 Å². The van der Waals surface area contributed by atoms with Crippen LogP contribution in [0.5, 0.6) is 5.75 Å². The summed E-state index contributed by atoms with van der Waals surface area (Å²) in [5.41, 5.74) is 0.800. The molecule has 144 valence electrons. The zero-order valence-electron chi connectivity index (χ0n) is 15.6. The van der Waals surface area contributed by atoms with Crippen molar-refractivity contribution in [2.75, 3.05) is 39.9 Å². The molecule has 0 bridgehead atoms. The van der Waals surface area contributed by atoms with Gasteiger partial charge < -0.3 is 19.9 Å². The Morgan fingerprint density at radius 1 is 1.35 bits per heavy atom. The molecule has 1 atom stereocenters. The molecule has 2 heterocycles. The maximum atomic E-state index is 12.2. The maximum Gasteiger partial charge on any atom is 0.234 e. The minimum atomic E-state index is -0.375. The standard InChI is InChI=1S/C20H30N2O4/c1-25-17-6-4-16(5-7-17)8-11-21-19(24)15-22-12-9-20(10-13-22)18(23)3-2-14-26-20/h4-7,18,23H,2-3,8-15H2,1H3,(H,21,24). The van der Waals surface area contributed by atoms with Gasteiger partial charge in [0, 0.05) is 26.2 Å². The average Bonchev–Trinajstić information content (AvgIpc) is 2.67. The number of nitrogens with one attached hydrogen (secondary N) is 1. The first-order valence-corrected chi connectivity index (χ1v) is 9.55. The van der Waals surface area contributed by atoms with Crippen molar-refractivity contribution in [1.29, 1.82) is 0 Å². The van der Waals surface area contributed by atoms with E-state index in [2.05, 4.69) is 10.2 Å². The molecule has 1 aromatic rings. The van der Waals surface area contributed by atoms with E-state index in [4.69, 9.17) is 9.47 Å². The third-order valence-electron chi connectivity index (χ3n) is 5.58. The first-order valence-electron chi connectivity index (χ1n) is 9.55. The van der Waals surface area contributed by atoms with Crippen LogP contribution in [0.15, 0.2) is 24.3 Å². The van der Waals surface area contributed by atoms with Crippen LogP contribution in [-0.4, -0.2) is 67.5 Å². The Labute approximate surface area is 155 Å². The number of aliphatic hydroxyl groups excluding tert-OH is 1. The number of hydrogen-bond donors (Lipinski definition) is 2. The van der Waals surface area contributed by atoms with E-state index in [0.29, 0.717) is 13.1 Å². The van der Waals surface area contributed by atoms with Gasteiger partial charge in [-0.1, -0.05) is 12.1 Å². The lowest BCUT2D eigenvalue weighted by Gasteiger charge is -2.46. The van der Waals surface area contributed by atoms with Gasteiger partial charge in [0.1, 0.15) is 5.75 Å². The molecule has 3 rings (SSSR count). The van der Waals surface area contributed by atoms with Crippen LogP contribution < -0.4 is 10.1 Å². The highest BCUT2D eigenvalue weighted by atomic mass is 16.5. The van der Waals surface area contributed by atoms with E-state index in [1.54, 1.807) is 7.11 Å². The third-order valence-corrected chi connectivity index (χ3v) is 5.58. The summed E-state index contributed by atoms with van der Waals surface area (Å²) in [6, 6.07) is 7.90. The van der Waals surface area contributed by atoms with Gasteiger partial charge in [-0.2, -0.15) is 0 Å². The fraction of sp³-hybridized carbons (Fsp3) is 0.650. The molecule has 2 aliphatic rings. The molecule has 0 aromatic heterocycles. The fourth-order valence-corrected chi connectivity index (χ4v) is 3.88. The summed E-state index contributed by atoms with van der Waals surface area (Å²) in [5.74, 6) is 0.896. The third kappa shape index (κ3) is 4.75. The Morgan fingerprint density at radius 3 is 2.73 bits per heavy atom. The van der Waals surface area contributed by atoms with Gasteiger partial charge in [-0.3, -0.25) is 9.69 Å². The molecule has 2 N–H and O–H groups in total.